The molecule has 0 saturated carbocycles. The highest BCUT2D eigenvalue weighted by Gasteiger charge is 2.30. The van der Waals surface area contributed by atoms with E-state index >= 15 is 0 Å². The Morgan fingerprint density at radius 1 is 1.13 bits per heavy atom. The first kappa shape index (κ1) is 25.2. The van der Waals surface area contributed by atoms with E-state index in [9.17, 15) is 9.90 Å². The molecule has 0 unspecified atom stereocenters. The van der Waals surface area contributed by atoms with Crippen LogP contribution in [0.2, 0.25) is 0 Å². The predicted octanol–water partition coefficient (Wildman–Crippen LogP) is 1.82. The average Bonchev–Trinajstić information content (AvgIpc) is 3.44. The van der Waals surface area contributed by atoms with Gasteiger partial charge in [-0.05, 0) is 54.0 Å². The van der Waals surface area contributed by atoms with Gasteiger partial charge in [-0.3, -0.25) is 15.0 Å². The molecule has 1 aliphatic heterocycles. The predicted molar refractivity (Wildman–Crippen MR) is 142 cm³/mol. The van der Waals surface area contributed by atoms with Gasteiger partial charge in [0.05, 0.1) is 5.69 Å². The Morgan fingerprint density at radius 2 is 2.00 bits per heavy atom. The van der Waals surface area contributed by atoms with E-state index in [2.05, 4.69) is 65.5 Å². The molecule has 1 amide bonds. The van der Waals surface area contributed by atoms with Gasteiger partial charge in [-0.1, -0.05) is 35.4 Å². The Bertz CT molecular complexity index is 1350. The monoisotopic (exact) mass is 514 g/mol. The summed E-state index contributed by atoms with van der Waals surface area (Å²) in [6, 6.07) is 17.2. The van der Waals surface area contributed by atoms with E-state index in [1.165, 1.54) is 0 Å². The van der Waals surface area contributed by atoms with E-state index in [1.807, 2.05) is 30.3 Å². The smallest absolute Gasteiger partial charge is 0.269 e. The number of phenols is 1. The van der Waals surface area contributed by atoms with Crippen LogP contribution in [-0.4, -0.2) is 78.2 Å². The second-order valence-electron chi connectivity index (χ2n) is 9.27. The molecule has 4 aromatic rings. The number of rotatable bonds is 9. The third kappa shape index (κ3) is 6.47. The number of hydrogen-bond acceptors (Lipinski definition) is 10. The largest absolute Gasteiger partial charge is 0.508 e. The zero-order chi connectivity index (χ0) is 26.3. The molecule has 5 rings (SSSR count). The molecule has 38 heavy (non-hydrogen) atoms. The lowest BCUT2D eigenvalue weighted by Crippen LogP contribution is -2.58. The van der Waals surface area contributed by atoms with Gasteiger partial charge in [-0.25, -0.2) is 9.97 Å². The molecule has 196 valence electrons. The van der Waals surface area contributed by atoms with E-state index in [1.54, 1.807) is 18.3 Å². The summed E-state index contributed by atoms with van der Waals surface area (Å²) >= 11 is 0. The fourth-order valence-corrected chi connectivity index (χ4v) is 4.38. The first-order valence-corrected chi connectivity index (χ1v) is 12.5. The minimum atomic E-state index is -0.384. The van der Waals surface area contributed by atoms with Crippen molar-refractivity contribution < 1.29 is 9.90 Å². The third-order valence-electron chi connectivity index (χ3n) is 6.49. The van der Waals surface area contributed by atoms with Crippen molar-refractivity contribution in [3.8, 4) is 17.0 Å². The molecule has 0 bridgehead atoms. The topological polar surface area (TPSA) is 157 Å². The Kier molecular flexibility index (Phi) is 7.81. The Balaban J connectivity index is 1.20. The van der Waals surface area contributed by atoms with Gasteiger partial charge in [-0.15, -0.1) is 5.10 Å². The van der Waals surface area contributed by atoms with E-state index in [0.717, 1.165) is 28.8 Å². The second kappa shape index (κ2) is 11.8. The van der Waals surface area contributed by atoms with Gasteiger partial charge in [0, 0.05) is 44.0 Å². The maximum absolute atomic E-state index is 12.7. The summed E-state index contributed by atoms with van der Waals surface area (Å²) < 4.78 is 0. The van der Waals surface area contributed by atoms with Crippen molar-refractivity contribution in [3.05, 3.63) is 71.9 Å². The minimum absolute atomic E-state index is 0.161. The van der Waals surface area contributed by atoms with Crippen LogP contribution in [0.25, 0.3) is 11.3 Å². The number of aromatic hydroxyl groups is 1. The first-order chi connectivity index (χ1) is 18.5. The summed E-state index contributed by atoms with van der Waals surface area (Å²) in [7, 11) is 0. The lowest BCUT2D eigenvalue weighted by atomic mass is 10.0. The lowest BCUT2D eigenvalue weighted by Gasteiger charge is -2.38. The Labute approximate surface area is 219 Å². The highest BCUT2D eigenvalue weighted by Crippen LogP contribution is 2.21. The summed E-state index contributed by atoms with van der Waals surface area (Å²) in [5.41, 5.74) is 4.09. The first-order valence-electron chi connectivity index (χ1n) is 12.5. The van der Waals surface area contributed by atoms with Crippen molar-refractivity contribution >= 4 is 17.8 Å². The summed E-state index contributed by atoms with van der Waals surface area (Å²) in [6.45, 7) is 4.76. The standard InChI is InChI=1S/C26H30N10O2/c1-17-14-29-23(24(38)31-26-32-34-35-33-26)16-36(17)15-19-3-2-4-20(13-19)22-10-12-28-25(30-22)27-11-9-18-5-7-21(37)8-6-18/h2-8,10,12-13,17,23,29,37H,9,11,14-16H2,1H3,(H,27,28,30)(H2,31,32,33,34,35,38)/t17-,23-/m0/s1. The highest BCUT2D eigenvalue weighted by molar-refractivity contribution is 5.93. The summed E-state index contributed by atoms with van der Waals surface area (Å²) in [5.74, 6) is 0.798. The van der Waals surface area contributed by atoms with Gasteiger partial charge in [0.15, 0.2) is 0 Å². The molecule has 0 aliphatic carbocycles. The molecule has 5 N–H and O–H groups in total. The zero-order valence-electron chi connectivity index (χ0n) is 21.0. The normalized spacial score (nSPS) is 17.7. The molecule has 0 spiro atoms. The van der Waals surface area contributed by atoms with Crippen molar-refractivity contribution in [1.29, 1.82) is 0 Å². The van der Waals surface area contributed by atoms with Crippen molar-refractivity contribution in [2.45, 2.75) is 32.0 Å². The summed E-state index contributed by atoms with van der Waals surface area (Å²) in [5, 5.41) is 32.1. The van der Waals surface area contributed by atoms with Crippen LogP contribution in [0.3, 0.4) is 0 Å². The van der Waals surface area contributed by atoms with Gasteiger partial charge < -0.3 is 15.7 Å². The molecule has 2 aromatic carbocycles. The van der Waals surface area contributed by atoms with Gasteiger partial charge in [0.1, 0.15) is 11.8 Å². The number of H-pyrrole nitrogens is 1. The number of aromatic nitrogens is 6. The van der Waals surface area contributed by atoms with Crippen LogP contribution in [0.15, 0.2) is 60.8 Å². The maximum Gasteiger partial charge on any atom is 0.269 e. The fraction of sp³-hybridized carbons (Fsp3) is 0.308. The molecular weight excluding hydrogens is 484 g/mol. The molecule has 1 saturated heterocycles. The van der Waals surface area contributed by atoms with Gasteiger partial charge in [-0.2, -0.15) is 5.21 Å². The lowest BCUT2D eigenvalue weighted by molar-refractivity contribution is -0.119. The number of carbonyl (C=O) groups excluding carboxylic acids is 1. The number of amides is 1. The fourth-order valence-electron chi connectivity index (χ4n) is 4.38. The van der Waals surface area contributed by atoms with Crippen molar-refractivity contribution in [2.75, 3.05) is 30.3 Å². The van der Waals surface area contributed by atoms with Crippen molar-refractivity contribution in [3.63, 3.8) is 0 Å². The van der Waals surface area contributed by atoms with Crippen molar-refractivity contribution in [2.24, 2.45) is 0 Å². The number of nitrogens with zero attached hydrogens (tertiary/aromatic N) is 6. The highest BCUT2D eigenvalue weighted by atomic mass is 16.3. The number of piperazine rings is 1. The number of carbonyl (C=O) groups is 1. The molecule has 2 aromatic heterocycles. The van der Waals surface area contributed by atoms with Crippen molar-refractivity contribution in [1.82, 2.24) is 40.8 Å². The molecule has 12 heteroatoms. The minimum Gasteiger partial charge on any atom is -0.508 e. The average molecular weight is 515 g/mol. The van der Waals surface area contributed by atoms with Crippen LogP contribution in [0.5, 0.6) is 5.75 Å². The van der Waals surface area contributed by atoms with Gasteiger partial charge in [0.2, 0.25) is 11.9 Å². The number of aromatic amines is 1. The number of nitrogens with one attached hydrogen (secondary N) is 4. The number of phenolic OH excluding ortho intramolecular Hbond substituents is 1. The molecule has 1 aliphatic rings. The molecule has 1 fully saturated rings. The van der Waals surface area contributed by atoms with Crippen LogP contribution in [0.1, 0.15) is 18.1 Å². The van der Waals surface area contributed by atoms with E-state index in [-0.39, 0.29) is 29.7 Å². The van der Waals surface area contributed by atoms with Gasteiger partial charge in [0.25, 0.3) is 5.95 Å². The third-order valence-corrected chi connectivity index (χ3v) is 6.49. The maximum atomic E-state index is 12.7. The van der Waals surface area contributed by atoms with Crippen LogP contribution in [0.4, 0.5) is 11.9 Å². The molecule has 2 atom stereocenters. The zero-order valence-corrected chi connectivity index (χ0v) is 21.0. The number of anilines is 2. The Morgan fingerprint density at radius 3 is 2.82 bits per heavy atom. The van der Waals surface area contributed by atoms with E-state index < -0.39 is 0 Å². The molecule has 12 nitrogen and oxygen atoms in total. The second-order valence-corrected chi connectivity index (χ2v) is 9.27. The summed E-state index contributed by atoms with van der Waals surface area (Å²) in [6.07, 6.45) is 2.55. The number of hydrogen-bond donors (Lipinski definition) is 5. The van der Waals surface area contributed by atoms with Crippen LogP contribution < -0.4 is 16.0 Å². The summed E-state index contributed by atoms with van der Waals surface area (Å²) in [4.78, 5) is 24.0. The van der Waals surface area contributed by atoms with Crippen LogP contribution in [-0.2, 0) is 17.8 Å². The van der Waals surface area contributed by atoms with E-state index in [4.69, 9.17) is 4.98 Å². The Hall–Kier alpha value is -4.42. The number of tetrazole rings is 1. The molecule has 3 heterocycles. The molecule has 0 radical (unpaired) electrons. The van der Waals surface area contributed by atoms with E-state index in [0.29, 0.717) is 32.1 Å². The quantitative estimate of drug-likeness (QED) is 0.223. The SMILES string of the molecule is C[C@H]1CN[C@H](C(=O)Nc2nn[nH]n2)CN1Cc1cccc(-c2ccnc(NCCc3ccc(O)cc3)n2)c1. The molecular formula is C26H30N10O2. The van der Waals surface area contributed by atoms with Crippen LogP contribution >= 0.6 is 0 Å². The van der Waals surface area contributed by atoms with Crippen LogP contribution in [0, 0.1) is 0 Å². The van der Waals surface area contributed by atoms with Gasteiger partial charge >= 0.3 is 0 Å². The number of benzene rings is 2.